The predicted molar refractivity (Wildman–Crippen MR) is 159 cm³/mol. The van der Waals surface area contributed by atoms with Crippen molar-refractivity contribution < 1.29 is 33.0 Å². The Balaban J connectivity index is 1.43. The van der Waals surface area contributed by atoms with Gasteiger partial charge in [-0.3, -0.25) is 9.59 Å². The zero-order chi connectivity index (χ0) is 30.1. The average Bonchev–Trinajstić information content (AvgIpc) is 3.80. The van der Waals surface area contributed by atoms with Crippen LogP contribution in [0.3, 0.4) is 0 Å². The molecule has 2 saturated heterocycles. The molecule has 12 heteroatoms. The van der Waals surface area contributed by atoms with Crippen LogP contribution in [0.1, 0.15) is 63.0 Å². The predicted octanol–water partition coefficient (Wildman–Crippen LogP) is 4.36. The number of imide groups is 1. The average molecular weight is 611 g/mol. The van der Waals surface area contributed by atoms with Gasteiger partial charge in [0.15, 0.2) is 0 Å². The Bertz CT molecular complexity index is 1380. The summed E-state index contributed by atoms with van der Waals surface area (Å²) in [7, 11) is 3.17. The van der Waals surface area contributed by atoms with Crippen LogP contribution in [0, 0.1) is 5.92 Å². The van der Waals surface area contributed by atoms with Gasteiger partial charge in [-0.25, -0.2) is 14.7 Å². The van der Waals surface area contributed by atoms with Gasteiger partial charge < -0.3 is 28.8 Å². The van der Waals surface area contributed by atoms with E-state index in [1.807, 2.05) is 31.2 Å². The van der Waals surface area contributed by atoms with Crippen molar-refractivity contribution in [2.75, 3.05) is 33.9 Å². The monoisotopic (exact) mass is 610 g/mol. The number of rotatable bonds is 9. The molecule has 1 aromatic carbocycles. The Kier molecular flexibility index (Phi) is 8.52. The van der Waals surface area contributed by atoms with Gasteiger partial charge in [-0.1, -0.05) is 42.8 Å². The van der Waals surface area contributed by atoms with Crippen molar-refractivity contribution >= 4 is 34.5 Å². The van der Waals surface area contributed by atoms with Crippen molar-refractivity contribution in [2.45, 2.75) is 68.6 Å². The Morgan fingerprint density at radius 2 is 1.95 bits per heavy atom. The van der Waals surface area contributed by atoms with Crippen molar-refractivity contribution in [1.82, 2.24) is 20.1 Å². The van der Waals surface area contributed by atoms with Crippen LogP contribution < -0.4 is 10.1 Å². The highest BCUT2D eigenvalue weighted by atomic mass is 32.2. The molecule has 3 atom stereocenters. The number of methoxy groups -OCH3 is 1. The second kappa shape index (κ2) is 12.3. The summed E-state index contributed by atoms with van der Waals surface area (Å²) in [4.78, 5) is 50.6. The minimum atomic E-state index is -1.25. The van der Waals surface area contributed by atoms with Gasteiger partial charge in [0.2, 0.25) is 17.7 Å². The maximum absolute atomic E-state index is 14.7. The van der Waals surface area contributed by atoms with Gasteiger partial charge in [-0.15, -0.1) is 0 Å². The normalized spacial score (nSPS) is 24.8. The molecule has 1 aliphatic carbocycles. The molecule has 230 valence electrons. The second-order valence-corrected chi connectivity index (χ2v) is 12.6. The fourth-order valence-electron chi connectivity index (χ4n) is 6.90. The van der Waals surface area contributed by atoms with Crippen molar-refractivity contribution in [3.63, 3.8) is 0 Å². The molecular formula is C31H38N4O7S. The van der Waals surface area contributed by atoms with E-state index in [1.54, 1.807) is 25.3 Å². The minimum Gasteiger partial charge on any atom is -0.496 e. The number of hydrogen-bond donors (Lipinski definition) is 1. The maximum Gasteiger partial charge on any atom is 0.328 e. The Labute approximate surface area is 255 Å². The van der Waals surface area contributed by atoms with Crippen LogP contribution in [0.15, 0.2) is 46.7 Å². The first-order chi connectivity index (χ1) is 20.9. The third-order valence-corrected chi connectivity index (χ3v) is 10.6. The first-order valence-corrected chi connectivity index (χ1v) is 15.8. The van der Waals surface area contributed by atoms with E-state index in [4.69, 9.17) is 18.6 Å². The number of benzene rings is 1. The zero-order valence-corrected chi connectivity index (χ0v) is 25.6. The summed E-state index contributed by atoms with van der Waals surface area (Å²) in [5.41, 5.74) is 0.338. The third-order valence-electron chi connectivity index (χ3n) is 9.09. The molecule has 4 amide bonds. The van der Waals surface area contributed by atoms with Gasteiger partial charge in [-0.05, 0) is 44.2 Å². The molecule has 11 nitrogen and oxygen atoms in total. The number of nitrogens with zero attached hydrogens (tertiary/aromatic N) is 3. The number of urea groups is 1. The van der Waals surface area contributed by atoms with Crippen LogP contribution in [0.2, 0.25) is 0 Å². The van der Waals surface area contributed by atoms with Gasteiger partial charge in [-0.2, -0.15) is 0 Å². The maximum atomic E-state index is 14.7. The molecule has 0 radical (unpaired) electrons. The number of ether oxygens (including phenoxy) is 3. The highest BCUT2D eigenvalue weighted by Crippen LogP contribution is 2.53. The first kappa shape index (κ1) is 29.7. The lowest BCUT2D eigenvalue weighted by atomic mass is 9.88. The number of oxazole rings is 1. The molecule has 2 aromatic rings. The number of nitrogens with one attached hydrogen (secondary N) is 1. The second-order valence-electron chi connectivity index (χ2n) is 11.4. The topological polar surface area (TPSA) is 123 Å². The molecular weight excluding hydrogens is 572 g/mol. The molecule has 0 bridgehead atoms. The summed E-state index contributed by atoms with van der Waals surface area (Å²) >= 11 is 1.40. The van der Waals surface area contributed by atoms with Gasteiger partial charge in [0, 0.05) is 25.8 Å². The largest absolute Gasteiger partial charge is 0.496 e. The van der Waals surface area contributed by atoms with Gasteiger partial charge in [0.25, 0.3) is 0 Å². The summed E-state index contributed by atoms with van der Waals surface area (Å²) in [6.45, 7) is 3.25. The molecule has 6 rings (SSSR count). The van der Waals surface area contributed by atoms with Crippen molar-refractivity contribution in [1.29, 1.82) is 0 Å². The molecule has 1 N–H and O–H groups in total. The standard InChI is InChI=1S/C31H38N4O7S/c1-19-24-27(36)35(31(29(37)32-2)12-6-7-13-31)30(38)34(28(24)43-25(19)26-33-14-17-41-26)18-23(42-20-10-15-40-16-11-20)21-8-4-5-9-22(21)39-3/h4-5,8-9,14,17,20,23-24,28H,6-7,10-13,15-16,18H2,1-3H3,(H,32,37). The van der Waals surface area contributed by atoms with E-state index < -0.39 is 29.0 Å². The lowest BCUT2D eigenvalue weighted by molar-refractivity contribution is -0.150. The smallest absolute Gasteiger partial charge is 0.328 e. The lowest BCUT2D eigenvalue weighted by Crippen LogP contribution is -2.70. The molecule has 0 spiro atoms. The third kappa shape index (κ3) is 5.23. The van der Waals surface area contributed by atoms with Crippen molar-refractivity contribution in [3.8, 4) is 5.75 Å². The number of amides is 4. The summed E-state index contributed by atoms with van der Waals surface area (Å²) in [6.07, 6.45) is 6.26. The summed E-state index contributed by atoms with van der Waals surface area (Å²) < 4.78 is 23.7. The summed E-state index contributed by atoms with van der Waals surface area (Å²) in [5.74, 6) is -0.286. The lowest BCUT2D eigenvalue weighted by Gasteiger charge is -2.49. The van der Waals surface area contributed by atoms with Crippen LogP contribution in [-0.4, -0.2) is 83.6 Å². The number of fused-ring (bicyclic) bond motifs is 1. The Morgan fingerprint density at radius 3 is 2.63 bits per heavy atom. The molecule has 43 heavy (non-hydrogen) atoms. The quantitative estimate of drug-likeness (QED) is 0.441. The number of para-hydroxylation sites is 1. The van der Waals surface area contributed by atoms with E-state index in [1.165, 1.54) is 22.9 Å². The van der Waals surface area contributed by atoms with E-state index in [0.29, 0.717) is 37.7 Å². The van der Waals surface area contributed by atoms with E-state index in [9.17, 15) is 14.4 Å². The number of hydrogen-bond acceptors (Lipinski definition) is 9. The fourth-order valence-corrected chi connectivity index (χ4v) is 8.42. The number of aromatic nitrogens is 1. The van der Waals surface area contributed by atoms with E-state index in [-0.39, 0.29) is 24.5 Å². The van der Waals surface area contributed by atoms with Crippen LogP contribution in [0.4, 0.5) is 4.79 Å². The van der Waals surface area contributed by atoms with Gasteiger partial charge in [0.05, 0.1) is 42.2 Å². The zero-order valence-electron chi connectivity index (χ0n) is 24.7. The molecule has 4 heterocycles. The van der Waals surface area contributed by atoms with E-state index >= 15 is 0 Å². The molecule has 3 aliphatic heterocycles. The molecule has 1 aromatic heterocycles. The summed E-state index contributed by atoms with van der Waals surface area (Å²) in [5, 5.41) is 2.18. The van der Waals surface area contributed by atoms with Gasteiger partial charge >= 0.3 is 6.03 Å². The van der Waals surface area contributed by atoms with Gasteiger partial charge in [0.1, 0.15) is 23.7 Å². The van der Waals surface area contributed by atoms with Crippen molar-refractivity contribution in [3.05, 3.63) is 53.8 Å². The number of likely N-dealkylation sites (N-methyl/N-ethyl adjacent to an activating group) is 1. The number of thioether (sulfide) groups is 1. The molecule has 1 saturated carbocycles. The molecule has 4 aliphatic rings. The minimum absolute atomic E-state index is 0.0666. The molecule has 3 unspecified atom stereocenters. The van der Waals surface area contributed by atoms with E-state index in [2.05, 4.69) is 10.3 Å². The first-order valence-electron chi connectivity index (χ1n) is 14.9. The SMILES string of the molecule is CNC(=O)C1(N2C(=O)C3C(C)=C(c4ncco4)SC3N(CC(OC3CCOCC3)c3ccccc3OC)C2=O)CCCC1. The van der Waals surface area contributed by atoms with Crippen LogP contribution in [-0.2, 0) is 19.1 Å². The van der Waals surface area contributed by atoms with Crippen LogP contribution >= 0.6 is 11.8 Å². The van der Waals surface area contributed by atoms with Crippen LogP contribution in [0.25, 0.3) is 4.91 Å². The Morgan fingerprint density at radius 1 is 1.21 bits per heavy atom. The number of carbonyl (C=O) groups is 3. The number of carbonyl (C=O) groups excluding carboxylic acids is 3. The molecule has 3 fully saturated rings. The van der Waals surface area contributed by atoms with Crippen LogP contribution in [0.5, 0.6) is 5.75 Å². The fraction of sp³-hybridized carbons (Fsp3) is 0.548. The highest BCUT2D eigenvalue weighted by molar-refractivity contribution is 8.09. The highest BCUT2D eigenvalue weighted by Gasteiger charge is 2.60. The van der Waals surface area contributed by atoms with E-state index in [0.717, 1.165) is 41.7 Å². The summed E-state index contributed by atoms with van der Waals surface area (Å²) in [6, 6.07) is 7.16. The van der Waals surface area contributed by atoms with Crippen molar-refractivity contribution in [2.24, 2.45) is 5.92 Å². The Hall–Kier alpha value is -3.35.